The van der Waals surface area contributed by atoms with Gasteiger partial charge in [0.1, 0.15) is 0 Å². The molecule has 2 unspecified atom stereocenters. The van der Waals surface area contributed by atoms with E-state index in [1.807, 2.05) is 0 Å². The number of carbonyl (C=O) groups excluding carboxylic acids is 4. The Morgan fingerprint density at radius 2 is 1.72 bits per heavy atom. The second-order valence-corrected chi connectivity index (χ2v) is 4.19. The molecule has 2 rings (SSSR count). The highest BCUT2D eigenvalue weighted by molar-refractivity contribution is 6.02. The Morgan fingerprint density at radius 1 is 1.17 bits per heavy atom. The molecule has 0 aromatic heterocycles. The molecule has 2 atom stereocenters. The molecular weight excluding hydrogens is 242 g/mol. The molecule has 18 heavy (non-hydrogen) atoms. The molecule has 2 aliphatic rings. The smallest absolute Gasteiger partial charge is 0.337 e. The van der Waals surface area contributed by atoms with Crippen molar-refractivity contribution in [2.75, 3.05) is 6.61 Å². The highest BCUT2D eigenvalue weighted by atomic mass is 16.7. The number of amides is 2. The molecule has 0 aromatic rings. The van der Waals surface area contributed by atoms with Crippen LogP contribution in [0.5, 0.6) is 0 Å². The van der Waals surface area contributed by atoms with Gasteiger partial charge in [-0.25, -0.2) is 4.79 Å². The molecule has 2 fully saturated rings. The van der Waals surface area contributed by atoms with Crippen LogP contribution in [0.3, 0.4) is 0 Å². The van der Waals surface area contributed by atoms with Crippen molar-refractivity contribution in [3.63, 3.8) is 0 Å². The van der Waals surface area contributed by atoms with Crippen LogP contribution >= 0.6 is 0 Å². The van der Waals surface area contributed by atoms with E-state index in [0.29, 0.717) is 11.5 Å². The number of ether oxygens (including phenoxy) is 1. The van der Waals surface area contributed by atoms with E-state index in [1.165, 1.54) is 0 Å². The maximum Gasteiger partial charge on any atom is 0.337 e. The predicted molar refractivity (Wildman–Crippen MR) is 55.4 cm³/mol. The minimum absolute atomic E-state index is 0.0537. The lowest BCUT2D eigenvalue weighted by atomic mass is 10.3. The van der Waals surface area contributed by atoms with E-state index in [0.717, 1.165) is 0 Å². The van der Waals surface area contributed by atoms with Crippen molar-refractivity contribution < 1.29 is 28.8 Å². The van der Waals surface area contributed by atoms with Gasteiger partial charge in [-0.1, -0.05) is 0 Å². The summed E-state index contributed by atoms with van der Waals surface area (Å²) >= 11 is 0. The first-order valence-electron chi connectivity index (χ1n) is 5.78. The number of carbonyl (C=O) groups is 4. The van der Waals surface area contributed by atoms with Gasteiger partial charge >= 0.3 is 11.9 Å². The maximum absolute atomic E-state index is 11.6. The van der Waals surface area contributed by atoms with Gasteiger partial charge in [0, 0.05) is 12.8 Å². The van der Waals surface area contributed by atoms with Gasteiger partial charge in [0.25, 0.3) is 11.8 Å². The Balaban J connectivity index is 1.85. The summed E-state index contributed by atoms with van der Waals surface area (Å²) < 4.78 is 4.76. The van der Waals surface area contributed by atoms with Crippen LogP contribution in [-0.2, 0) is 28.8 Å². The third-order valence-corrected chi connectivity index (χ3v) is 2.87. The summed E-state index contributed by atoms with van der Waals surface area (Å²) in [4.78, 5) is 50.0. The van der Waals surface area contributed by atoms with Gasteiger partial charge in [-0.05, 0) is 13.3 Å². The molecule has 1 saturated carbocycles. The minimum Gasteiger partial charge on any atom is -0.466 e. The van der Waals surface area contributed by atoms with Gasteiger partial charge in [0.2, 0.25) is 0 Å². The van der Waals surface area contributed by atoms with E-state index >= 15 is 0 Å². The summed E-state index contributed by atoms with van der Waals surface area (Å²) in [6.45, 7) is 1.93. The van der Waals surface area contributed by atoms with Crippen LogP contribution in [0.25, 0.3) is 0 Å². The average molecular weight is 255 g/mol. The fourth-order valence-corrected chi connectivity index (χ4v) is 1.78. The van der Waals surface area contributed by atoms with Gasteiger partial charge < -0.3 is 9.57 Å². The molecule has 0 bridgehead atoms. The van der Waals surface area contributed by atoms with Crippen molar-refractivity contribution in [3.05, 3.63) is 0 Å². The molecule has 7 heteroatoms. The molecule has 98 valence electrons. The van der Waals surface area contributed by atoms with Crippen LogP contribution in [-0.4, -0.2) is 35.4 Å². The number of hydrogen-bond acceptors (Lipinski definition) is 6. The first-order valence-corrected chi connectivity index (χ1v) is 5.78. The molecule has 0 N–H and O–H groups in total. The number of nitrogens with zero attached hydrogens (tertiary/aromatic N) is 1. The van der Waals surface area contributed by atoms with E-state index in [2.05, 4.69) is 0 Å². The van der Waals surface area contributed by atoms with Crippen LogP contribution < -0.4 is 0 Å². The Labute approximate surface area is 103 Å². The van der Waals surface area contributed by atoms with Crippen molar-refractivity contribution >= 4 is 23.8 Å². The maximum atomic E-state index is 11.6. The predicted octanol–water partition coefficient (Wildman–Crippen LogP) is -0.207. The van der Waals surface area contributed by atoms with Gasteiger partial charge in [-0.15, -0.1) is 5.06 Å². The summed E-state index contributed by atoms with van der Waals surface area (Å²) in [5, 5.41) is 0.489. The monoisotopic (exact) mass is 255 g/mol. The first-order chi connectivity index (χ1) is 8.54. The summed E-state index contributed by atoms with van der Waals surface area (Å²) in [5.74, 6) is -3.34. The zero-order chi connectivity index (χ0) is 13.3. The van der Waals surface area contributed by atoms with E-state index in [1.54, 1.807) is 6.92 Å². The first kappa shape index (κ1) is 12.5. The summed E-state index contributed by atoms with van der Waals surface area (Å²) in [6.07, 6.45) is 0.448. The molecule has 7 nitrogen and oxygen atoms in total. The van der Waals surface area contributed by atoms with E-state index in [4.69, 9.17) is 9.57 Å². The van der Waals surface area contributed by atoms with Crippen molar-refractivity contribution in [2.45, 2.75) is 26.2 Å². The zero-order valence-electron chi connectivity index (χ0n) is 9.88. The number of imide groups is 1. The van der Waals surface area contributed by atoms with E-state index in [9.17, 15) is 19.2 Å². The Morgan fingerprint density at radius 3 is 2.28 bits per heavy atom. The largest absolute Gasteiger partial charge is 0.466 e. The highest BCUT2D eigenvalue weighted by Gasteiger charge is 2.52. The quantitative estimate of drug-likeness (QED) is 0.510. The van der Waals surface area contributed by atoms with Crippen LogP contribution in [0.2, 0.25) is 0 Å². The lowest BCUT2D eigenvalue weighted by molar-refractivity contribution is -0.198. The van der Waals surface area contributed by atoms with Crippen molar-refractivity contribution in [2.24, 2.45) is 11.8 Å². The molecule has 1 aliphatic heterocycles. The van der Waals surface area contributed by atoms with Crippen LogP contribution in [0.4, 0.5) is 0 Å². The second kappa shape index (κ2) is 4.75. The second-order valence-electron chi connectivity index (χ2n) is 4.19. The van der Waals surface area contributed by atoms with Gasteiger partial charge in [-0.2, -0.15) is 0 Å². The number of hydrogen-bond donors (Lipinski definition) is 0. The average Bonchev–Trinajstić information content (AvgIpc) is 3.07. The lowest BCUT2D eigenvalue weighted by Crippen LogP contribution is -2.33. The number of rotatable bonds is 4. The fourth-order valence-electron chi connectivity index (χ4n) is 1.78. The molecule has 1 heterocycles. The highest BCUT2D eigenvalue weighted by Crippen LogP contribution is 2.40. The molecule has 0 spiro atoms. The van der Waals surface area contributed by atoms with Crippen molar-refractivity contribution in [1.82, 2.24) is 5.06 Å². The van der Waals surface area contributed by atoms with Crippen LogP contribution in [0.1, 0.15) is 26.2 Å². The molecule has 0 radical (unpaired) electrons. The molecular formula is C11H13NO6. The molecule has 1 saturated heterocycles. The van der Waals surface area contributed by atoms with E-state index in [-0.39, 0.29) is 19.4 Å². The Bertz CT molecular complexity index is 402. The number of hydroxylamine groups is 2. The molecule has 1 aliphatic carbocycles. The standard InChI is InChI=1S/C11H13NO6/c1-2-17-10(15)6-5-7(6)11(16)18-12-8(13)3-4-9(12)14/h6-7H,2-5H2,1H3. The fraction of sp³-hybridized carbons (Fsp3) is 0.636. The SMILES string of the molecule is CCOC(=O)C1CC1C(=O)ON1C(=O)CCC1=O. The Kier molecular flexibility index (Phi) is 3.31. The lowest BCUT2D eigenvalue weighted by Gasteiger charge is -2.12. The van der Waals surface area contributed by atoms with Gasteiger partial charge in [-0.3, -0.25) is 14.4 Å². The summed E-state index contributed by atoms with van der Waals surface area (Å²) in [5.41, 5.74) is 0. The minimum atomic E-state index is -0.725. The summed E-state index contributed by atoms with van der Waals surface area (Å²) in [6, 6.07) is 0. The Hall–Kier alpha value is -1.92. The normalized spacial score (nSPS) is 26.2. The van der Waals surface area contributed by atoms with Crippen molar-refractivity contribution in [1.29, 1.82) is 0 Å². The van der Waals surface area contributed by atoms with Gasteiger partial charge in [0.15, 0.2) is 0 Å². The molecule has 2 amide bonds. The van der Waals surface area contributed by atoms with E-state index < -0.39 is 35.6 Å². The topological polar surface area (TPSA) is 90.0 Å². The van der Waals surface area contributed by atoms with Crippen molar-refractivity contribution in [3.8, 4) is 0 Å². The van der Waals surface area contributed by atoms with Crippen LogP contribution in [0, 0.1) is 11.8 Å². The third kappa shape index (κ3) is 2.34. The van der Waals surface area contributed by atoms with Crippen LogP contribution in [0.15, 0.2) is 0 Å². The molecule has 0 aromatic carbocycles. The summed E-state index contributed by atoms with van der Waals surface area (Å²) in [7, 11) is 0. The zero-order valence-corrected chi connectivity index (χ0v) is 9.88. The number of esters is 1. The van der Waals surface area contributed by atoms with Gasteiger partial charge in [0.05, 0.1) is 18.4 Å². The third-order valence-electron chi connectivity index (χ3n) is 2.87.